The summed E-state index contributed by atoms with van der Waals surface area (Å²) in [6.07, 6.45) is 1.94. The van der Waals surface area contributed by atoms with Gasteiger partial charge in [0.25, 0.3) is 0 Å². The molecule has 0 unspecified atom stereocenters. The van der Waals surface area contributed by atoms with Crippen molar-refractivity contribution < 1.29 is 4.74 Å². The van der Waals surface area contributed by atoms with E-state index in [2.05, 4.69) is 65.6 Å². The number of hydrogen-bond acceptors (Lipinski definition) is 3. The molecule has 0 spiro atoms. The van der Waals surface area contributed by atoms with E-state index in [9.17, 15) is 0 Å². The minimum absolute atomic E-state index is 0.855. The quantitative estimate of drug-likeness (QED) is 0.294. The molecule has 6 rings (SSSR count). The minimum Gasteiger partial charge on any atom is -0.453 e. The number of hydrogen-bond donors (Lipinski definition) is 0. The van der Waals surface area contributed by atoms with Crippen molar-refractivity contribution in [2.24, 2.45) is 0 Å². The summed E-state index contributed by atoms with van der Waals surface area (Å²) in [4.78, 5) is 6.95. The summed E-state index contributed by atoms with van der Waals surface area (Å²) in [5, 5.41) is 0. The molecule has 1 aromatic heterocycles. The number of ether oxygens (including phenoxy) is 1. The number of benzene rings is 4. The van der Waals surface area contributed by atoms with Gasteiger partial charge in [0, 0.05) is 23.0 Å². The summed E-state index contributed by atoms with van der Waals surface area (Å²) >= 11 is 0. The summed E-state index contributed by atoms with van der Waals surface area (Å²) in [6.45, 7) is 0. The van der Waals surface area contributed by atoms with E-state index >= 15 is 0 Å². The van der Waals surface area contributed by atoms with Crippen LogP contribution in [0.3, 0.4) is 0 Å². The van der Waals surface area contributed by atoms with Crippen molar-refractivity contribution in [1.29, 1.82) is 0 Å². The SMILES string of the molecule is c1ccc(-c2ccc(-c3ccc(N4c5ccccc5Oc5ccccc54)cc3)nc2)cc1. The van der Waals surface area contributed by atoms with Crippen molar-refractivity contribution in [3.63, 3.8) is 0 Å². The van der Waals surface area contributed by atoms with Crippen LogP contribution < -0.4 is 9.64 Å². The van der Waals surface area contributed by atoms with Gasteiger partial charge in [0.15, 0.2) is 11.5 Å². The van der Waals surface area contributed by atoms with Gasteiger partial charge >= 0.3 is 0 Å². The molecule has 3 nitrogen and oxygen atoms in total. The summed E-state index contributed by atoms with van der Waals surface area (Å²) in [7, 11) is 0. The molecule has 0 fully saturated rings. The Bertz CT molecular complexity index is 1330. The maximum Gasteiger partial charge on any atom is 0.151 e. The van der Waals surface area contributed by atoms with Crippen molar-refractivity contribution in [3.05, 3.63) is 121 Å². The number of anilines is 3. The van der Waals surface area contributed by atoms with E-state index in [-0.39, 0.29) is 0 Å². The molecular formula is C29H20N2O. The smallest absolute Gasteiger partial charge is 0.151 e. The third-order valence-corrected chi connectivity index (χ3v) is 5.72. The molecule has 0 bridgehead atoms. The summed E-state index contributed by atoms with van der Waals surface area (Å²) in [5.74, 6) is 1.71. The van der Waals surface area contributed by atoms with Gasteiger partial charge in [-0.3, -0.25) is 4.98 Å². The van der Waals surface area contributed by atoms with Crippen molar-refractivity contribution in [2.75, 3.05) is 4.90 Å². The Morgan fingerprint density at radius 3 is 1.72 bits per heavy atom. The highest BCUT2D eigenvalue weighted by molar-refractivity contribution is 5.86. The molecule has 0 radical (unpaired) electrons. The van der Waals surface area contributed by atoms with Gasteiger partial charge in [0.05, 0.1) is 17.1 Å². The molecule has 4 aromatic carbocycles. The molecular weight excluding hydrogens is 392 g/mol. The van der Waals surface area contributed by atoms with E-state index in [4.69, 9.17) is 9.72 Å². The zero-order chi connectivity index (χ0) is 21.3. The number of aromatic nitrogens is 1. The first-order valence-electron chi connectivity index (χ1n) is 10.6. The predicted molar refractivity (Wildman–Crippen MR) is 130 cm³/mol. The third kappa shape index (κ3) is 3.21. The molecule has 3 heteroatoms. The van der Waals surface area contributed by atoms with Gasteiger partial charge in [0.1, 0.15) is 0 Å². The highest BCUT2D eigenvalue weighted by atomic mass is 16.5. The average Bonchev–Trinajstić information content (AvgIpc) is 2.88. The summed E-state index contributed by atoms with van der Waals surface area (Å²) in [6, 6.07) is 39.3. The number of rotatable bonds is 3. The second-order valence-corrected chi connectivity index (χ2v) is 7.72. The number of para-hydroxylation sites is 4. The van der Waals surface area contributed by atoms with Crippen LogP contribution in [0.4, 0.5) is 17.1 Å². The van der Waals surface area contributed by atoms with Crippen LogP contribution in [0.15, 0.2) is 121 Å². The maximum absolute atomic E-state index is 6.12. The zero-order valence-corrected chi connectivity index (χ0v) is 17.3. The van der Waals surface area contributed by atoms with Gasteiger partial charge in [-0.05, 0) is 48.0 Å². The molecule has 0 atom stereocenters. The molecule has 0 aliphatic carbocycles. The van der Waals surface area contributed by atoms with E-state index < -0.39 is 0 Å². The first-order chi connectivity index (χ1) is 15.9. The molecule has 32 heavy (non-hydrogen) atoms. The Morgan fingerprint density at radius 1 is 0.500 bits per heavy atom. The van der Waals surface area contributed by atoms with E-state index in [0.717, 1.165) is 45.4 Å². The highest BCUT2D eigenvalue weighted by Gasteiger charge is 2.25. The zero-order valence-electron chi connectivity index (χ0n) is 17.3. The van der Waals surface area contributed by atoms with Crippen LogP contribution in [-0.4, -0.2) is 4.98 Å². The van der Waals surface area contributed by atoms with Gasteiger partial charge in [-0.1, -0.05) is 72.8 Å². The Labute approximate surface area is 187 Å². The number of pyridine rings is 1. The Balaban J connectivity index is 1.35. The van der Waals surface area contributed by atoms with Crippen LogP contribution in [0.5, 0.6) is 11.5 Å². The van der Waals surface area contributed by atoms with Crippen LogP contribution in [-0.2, 0) is 0 Å². The fourth-order valence-corrected chi connectivity index (χ4v) is 4.13. The Kier molecular flexibility index (Phi) is 4.43. The normalized spacial score (nSPS) is 11.9. The van der Waals surface area contributed by atoms with Gasteiger partial charge in [-0.25, -0.2) is 0 Å². The van der Waals surface area contributed by atoms with Crippen LogP contribution in [0.2, 0.25) is 0 Å². The van der Waals surface area contributed by atoms with Crippen molar-refractivity contribution in [1.82, 2.24) is 4.98 Å². The number of fused-ring (bicyclic) bond motifs is 2. The van der Waals surface area contributed by atoms with Crippen molar-refractivity contribution in [2.45, 2.75) is 0 Å². The fraction of sp³-hybridized carbons (Fsp3) is 0. The van der Waals surface area contributed by atoms with E-state index in [1.807, 2.05) is 60.8 Å². The van der Waals surface area contributed by atoms with Crippen molar-refractivity contribution in [3.8, 4) is 33.9 Å². The summed E-state index contributed by atoms with van der Waals surface area (Å²) in [5.41, 5.74) is 7.48. The maximum atomic E-state index is 6.12. The highest BCUT2D eigenvalue weighted by Crippen LogP contribution is 2.50. The third-order valence-electron chi connectivity index (χ3n) is 5.72. The lowest BCUT2D eigenvalue weighted by atomic mass is 10.1. The topological polar surface area (TPSA) is 25.4 Å². The first-order valence-corrected chi connectivity index (χ1v) is 10.6. The van der Waals surface area contributed by atoms with Gasteiger partial charge in [-0.2, -0.15) is 0 Å². The standard InChI is InChI=1S/C29H20N2O/c1-2-8-21(9-3-1)23-16-19-25(30-20-23)22-14-17-24(18-15-22)31-26-10-4-6-12-28(26)32-29-13-7-5-11-27(29)31/h1-20H. The first kappa shape index (κ1) is 18.4. The second-order valence-electron chi connectivity index (χ2n) is 7.72. The molecule has 1 aliphatic heterocycles. The Hall–Kier alpha value is -4.37. The van der Waals surface area contributed by atoms with Crippen molar-refractivity contribution >= 4 is 17.1 Å². The van der Waals surface area contributed by atoms with Gasteiger partial charge in [0.2, 0.25) is 0 Å². The average molecular weight is 412 g/mol. The molecule has 0 saturated heterocycles. The van der Waals surface area contributed by atoms with Crippen LogP contribution in [0.1, 0.15) is 0 Å². The lowest BCUT2D eigenvalue weighted by Crippen LogP contribution is -2.15. The molecule has 0 amide bonds. The van der Waals surface area contributed by atoms with Crippen LogP contribution in [0.25, 0.3) is 22.4 Å². The molecule has 2 heterocycles. The van der Waals surface area contributed by atoms with Crippen LogP contribution >= 0.6 is 0 Å². The molecule has 5 aromatic rings. The number of nitrogens with zero attached hydrogens (tertiary/aromatic N) is 2. The monoisotopic (exact) mass is 412 g/mol. The van der Waals surface area contributed by atoms with Crippen LogP contribution in [0, 0.1) is 0 Å². The predicted octanol–water partition coefficient (Wildman–Crippen LogP) is 7.99. The minimum atomic E-state index is 0.855. The second kappa shape index (κ2) is 7.71. The lowest BCUT2D eigenvalue weighted by molar-refractivity contribution is 0.477. The summed E-state index contributed by atoms with van der Waals surface area (Å²) < 4.78 is 6.12. The van der Waals surface area contributed by atoms with E-state index in [1.54, 1.807) is 0 Å². The fourth-order valence-electron chi connectivity index (χ4n) is 4.13. The molecule has 152 valence electrons. The largest absolute Gasteiger partial charge is 0.453 e. The Morgan fingerprint density at radius 2 is 1.09 bits per heavy atom. The molecule has 0 saturated carbocycles. The van der Waals surface area contributed by atoms with E-state index in [1.165, 1.54) is 5.56 Å². The van der Waals surface area contributed by atoms with Gasteiger partial charge < -0.3 is 9.64 Å². The molecule has 1 aliphatic rings. The van der Waals surface area contributed by atoms with E-state index in [0.29, 0.717) is 0 Å². The van der Waals surface area contributed by atoms with Gasteiger partial charge in [-0.15, -0.1) is 0 Å². The molecule has 0 N–H and O–H groups in total. The lowest BCUT2D eigenvalue weighted by Gasteiger charge is -2.32.